The quantitative estimate of drug-likeness (QED) is 0.657. The largest absolute Gasteiger partial charge is 0.271 e. The van der Waals surface area contributed by atoms with Gasteiger partial charge in [0.15, 0.2) is 0 Å². The molecule has 3 nitrogen and oxygen atoms in total. The van der Waals surface area contributed by atoms with Gasteiger partial charge < -0.3 is 0 Å². The van der Waals surface area contributed by atoms with Crippen molar-refractivity contribution in [1.29, 1.82) is 0 Å². The van der Waals surface area contributed by atoms with Gasteiger partial charge in [0, 0.05) is 23.5 Å². The van der Waals surface area contributed by atoms with E-state index in [4.69, 9.17) is 5.84 Å². The molecule has 0 radical (unpaired) electrons. The van der Waals surface area contributed by atoms with E-state index < -0.39 is 0 Å². The summed E-state index contributed by atoms with van der Waals surface area (Å²) in [6, 6.07) is 0.454. The summed E-state index contributed by atoms with van der Waals surface area (Å²) in [7, 11) is 0. The molecule has 4 fully saturated rings. The first-order valence-corrected chi connectivity index (χ1v) is 8.55. The van der Waals surface area contributed by atoms with Crippen LogP contribution in [0.2, 0.25) is 0 Å². The molecule has 1 aromatic heterocycles. The van der Waals surface area contributed by atoms with E-state index >= 15 is 0 Å². The first-order chi connectivity index (χ1) is 9.33. The van der Waals surface area contributed by atoms with E-state index in [0.29, 0.717) is 6.04 Å². The van der Waals surface area contributed by atoms with E-state index in [0.717, 1.165) is 36.0 Å². The monoisotopic (exact) mass is 277 g/mol. The Labute approximate surface area is 119 Å². The van der Waals surface area contributed by atoms with Crippen LogP contribution in [0.3, 0.4) is 0 Å². The van der Waals surface area contributed by atoms with E-state index in [1.165, 1.54) is 37.0 Å². The molecule has 0 aliphatic heterocycles. The van der Waals surface area contributed by atoms with Gasteiger partial charge in [-0.3, -0.25) is 16.3 Å². The van der Waals surface area contributed by atoms with Crippen LogP contribution in [-0.4, -0.2) is 11.0 Å². The second-order valence-electron chi connectivity index (χ2n) is 6.95. The van der Waals surface area contributed by atoms with Crippen LogP contribution in [0.5, 0.6) is 0 Å². The lowest BCUT2D eigenvalue weighted by atomic mass is 9.50. The zero-order chi connectivity index (χ0) is 12.8. The topological polar surface area (TPSA) is 50.9 Å². The number of nitrogens with one attached hydrogen (secondary N) is 1. The summed E-state index contributed by atoms with van der Waals surface area (Å²) >= 11 is 1.76. The molecule has 4 bridgehead atoms. The lowest BCUT2D eigenvalue weighted by molar-refractivity contribution is -0.0516. The third-order valence-electron chi connectivity index (χ3n) is 5.88. The van der Waals surface area contributed by atoms with Gasteiger partial charge in [-0.15, -0.1) is 11.3 Å². The predicted octanol–water partition coefficient (Wildman–Crippen LogP) is 2.59. The Morgan fingerprint density at radius 1 is 1.21 bits per heavy atom. The fraction of sp³-hybridized carbons (Fsp3) is 0.800. The van der Waals surface area contributed by atoms with Gasteiger partial charge in [0.25, 0.3) is 0 Å². The van der Waals surface area contributed by atoms with Crippen LogP contribution in [0.15, 0.2) is 11.7 Å². The molecule has 4 heteroatoms. The Bertz CT molecular complexity index is 403. The molecule has 19 heavy (non-hydrogen) atoms. The van der Waals surface area contributed by atoms with E-state index in [-0.39, 0.29) is 0 Å². The molecule has 5 rings (SSSR count). The molecule has 0 saturated heterocycles. The molecule has 3 N–H and O–H groups in total. The van der Waals surface area contributed by atoms with Crippen LogP contribution in [0.1, 0.15) is 37.0 Å². The van der Waals surface area contributed by atoms with Crippen molar-refractivity contribution in [2.24, 2.45) is 35.4 Å². The lowest BCUT2D eigenvalue weighted by Crippen LogP contribution is -2.55. The fourth-order valence-corrected chi connectivity index (χ4v) is 6.14. The summed E-state index contributed by atoms with van der Waals surface area (Å²) in [6.45, 7) is 0. The second-order valence-corrected chi connectivity index (χ2v) is 7.92. The van der Waals surface area contributed by atoms with Crippen molar-refractivity contribution in [1.82, 2.24) is 10.4 Å². The average Bonchev–Trinajstić information content (AvgIpc) is 2.89. The van der Waals surface area contributed by atoms with Crippen LogP contribution < -0.4 is 11.3 Å². The van der Waals surface area contributed by atoms with Gasteiger partial charge in [-0.1, -0.05) is 0 Å². The summed E-state index contributed by atoms with van der Waals surface area (Å²) in [5.41, 5.74) is 5.08. The minimum absolute atomic E-state index is 0.454. The van der Waals surface area contributed by atoms with Gasteiger partial charge in [0.1, 0.15) is 0 Å². The Balaban J connectivity index is 1.53. The van der Waals surface area contributed by atoms with Crippen LogP contribution in [0.25, 0.3) is 0 Å². The third-order valence-corrected chi connectivity index (χ3v) is 6.68. The van der Waals surface area contributed by atoms with Crippen molar-refractivity contribution in [3.05, 3.63) is 16.6 Å². The zero-order valence-corrected chi connectivity index (χ0v) is 12.1. The minimum atomic E-state index is 0.454. The minimum Gasteiger partial charge on any atom is -0.271 e. The summed E-state index contributed by atoms with van der Waals surface area (Å²) in [6.07, 6.45) is 10.5. The van der Waals surface area contributed by atoms with Gasteiger partial charge in [0.2, 0.25) is 0 Å². The van der Waals surface area contributed by atoms with Crippen LogP contribution >= 0.6 is 11.3 Å². The molecule has 1 heterocycles. The van der Waals surface area contributed by atoms with Crippen LogP contribution in [0.4, 0.5) is 0 Å². The molecule has 0 aromatic carbocycles. The normalized spacial score (nSPS) is 41.6. The number of thiazole rings is 1. The SMILES string of the molecule is NNC(Cc1cncs1)C1C2CC3CC(C2)CC1C3. The number of hydrazine groups is 1. The van der Waals surface area contributed by atoms with Crippen molar-refractivity contribution in [3.63, 3.8) is 0 Å². The Kier molecular flexibility index (Phi) is 3.13. The second kappa shape index (κ2) is 4.83. The smallest absolute Gasteiger partial charge is 0.0794 e. The van der Waals surface area contributed by atoms with Crippen LogP contribution in [0, 0.1) is 29.6 Å². The first kappa shape index (κ1) is 12.3. The number of rotatable bonds is 4. The van der Waals surface area contributed by atoms with E-state index in [1.54, 1.807) is 11.3 Å². The number of hydrogen-bond donors (Lipinski definition) is 2. The molecular weight excluding hydrogens is 254 g/mol. The number of hydrogen-bond acceptors (Lipinski definition) is 4. The molecule has 1 unspecified atom stereocenters. The molecule has 104 valence electrons. The van der Waals surface area contributed by atoms with E-state index in [1.807, 2.05) is 11.7 Å². The number of nitrogens with zero attached hydrogens (tertiary/aromatic N) is 1. The fourth-order valence-electron chi connectivity index (χ4n) is 5.49. The molecular formula is C15H23N3S. The molecule has 4 aliphatic carbocycles. The highest BCUT2D eigenvalue weighted by Gasteiger charge is 2.50. The Hall–Kier alpha value is -0.450. The summed E-state index contributed by atoms with van der Waals surface area (Å²) in [5, 5.41) is 0. The van der Waals surface area contributed by atoms with E-state index in [9.17, 15) is 0 Å². The number of aromatic nitrogens is 1. The maximum atomic E-state index is 5.90. The standard InChI is InChI=1S/C15H23N3S/c16-18-14(6-13-7-17-8-19-13)15-11-2-9-1-10(4-11)5-12(15)3-9/h7-12,14-15,18H,1-6,16H2. The first-order valence-electron chi connectivity index (χ1n) is 7.67. The van der Waals surface area contributed by atoms with Crippen molar-refractivity contribution in [2.75, 3.05) is 0 Å². The van der Waals surface area contributed by atoms with Gasteiger partial charge in [-0.25, -0.2) is 0 Å². The highest BCUT2D eigenvalue weighted by molar-refractivity contribution is 7.09. The molecule has 1 atom stereocenters. The highest BCUT2D eigenvalue weighted by atomic mass is 32.1. The molecule has 0 amide bonds. The molecule has 4 saturated carbocycles. The van der Waals surface area contributed by atoms with Crippen molar-refractivity contribution in [2.45, 2.75) is 44.6 Å². The summed E-state index contributed by atoms with van der Waals surface area (Å²) in [5.74, 6) is 10.7. The van der Waals surface area contributed by atoms with Gasteiger partial charge >= 0.3 is 0 Å². The number of nitrogens with two attached hydrogens (primary N) is 1. The maximum absolute atomic E-state index is 5.90. The molecule has 1 aromatic rings. The summed E-state index contributed by atoms with van der Waals surface area (Å²) in [4.78, 5) is 5.57. The van der Waals surface area contributed by atoms with Gasteiger partial charge in [-0.2, -0.15) is 0 Å². The zero-order valence-electron chi connectivity index (χ0n) is 11.3. The van der Waals surface area contributed by atoms with Crippen molar-refractivity contribution in [3.8, 4) is 0 Å². The highest BCUT2D eigenvalue weighted by Crippen LogP contribution is 2.57. The van der Waals surface area contributed by atoms with Crippen molar-refractivity contribution >= 4 is 11.3 Å². The lowest BCUT2D eigenvalue weighted by Gasteiger charge is -2.56. The summed E-state index contributed by atoms with van der Waals surface area (Å²) < 4.78 is 0. The Morgan fingerprint density at radius 3 is 2.42 bits per heavy atom. The van der Waals surface area contributed by atoms with Crippen molar-refractivity contribution < 1.29 is 0 Å². The maximum Gasteiger partial charge on any atom is 0.0794 e. The average molecular weight is 277 g/mol. The van der Waals surface area contributed by atoms with Gasteiger partial charge in [-0.05, 0) is 61.7 Å². The third kappa shape index (κ3) is 2.14. The predicted molar refractivity (Wildman–Crippen MR) is 77.5 cm³/mol. The van der Waals surface area contributed by atoms with Gasteiger partial charge in [0.05, 0.1) is 5.51 Å². The molecule has 4 aliphatic rings. The Morgan fingerprint density at radius 2 is 1.89 bits per heavy atom. The molecule has 0 spiro atoms. The van der Waals surface area contributed by atoms with Crippen LogP contribution in [-0.2, 0) is 6.42 Å². The van der Waals surface area contributed by atoms with E-state index in [2.05, 4.69) is 10.4 Å².